The average Bonchev–Trinajstić information content (AvgIpc) is 2.37. The summed E-state index contributed by atoms with van der Waals surface area (Å²) in [5, 5.41) is 6.02. The summed E-state index contributed by atoms with van der Waals surface area (Å²) in [5.74, 6) is 0.797. The molecule has 0 aliphatic rings. The zero-order chi connectivity index (χ0) is 15.2. The summed E-state index contributed by atoms with van der Waals surface area (Å²) in [7, 11) is 1.63. The molecule has 0 unspecified atom stereocenters. The van der Waals surface area contributed by atoms with Crippen molar-refractivity contribution in [1.29, 1.82) is 0 Å². The van der Waals surface area contributed by atoms with Crippen LogP contribution in [0.15, 0.2) is 22.7 Å². The summed E-state index contributed by atoms with van der Waals surface area (Å²) in [5.41, 5.74) is 1.12. The Morgan fingerprint density at radius 3 is 2.65 bits per heavy atom. The van der Waals surface area contributed by atoms with Crippen LogP contribution in [-0.2, 0) is 11.3 Å². The van der Waals surface area contributed by atoms with E-state index in [9.17, 15) is 4.79 Å². The Morgan fingerprint density at radius 1 is 1.35 bits per heavy atom. The fraction of sp³-hybridized carbons (Fsp3) is 0.533. The number of amides is 1. The summed E-state index contributed by atoms with van der Waals surface area (Å²) >= 11 is 3.47. The molecule has 5 heteroatoms. The zero-order valence-corrected chi connectivity index (χ0v) is 14.1. The monoisotopic (exact) mass is 342 g/mol. The van der Waals surface area contributed by atoms with Gasteiger partial charge in [0.05, 0.1) is 13.0 Å². The van der Waals surface area contributed by atoms with Crippen LogP contribution < -0.4 is 15.4 Å². The summed E-state index contributed by atoms with van der Waals surface area (Å²) < 4.78 is 6.72. The van der Waals surface area contributed by atoms with E-state index < -0.39 is 0 Å². The molecule has 0 heterocycles. The van der Waals surface area contributed by atoms with Crippen molar-refractivity contribution in [2.75, 3.05) is 13.7 Å². The second kappa shape index (κ2) is 7.64. The molecule has 0 spiro atoms. The van der Waals surface area contributed by atoms with Crippen molar-refractivity contribution in [3.63, 3.8) is 0 Å². The minimum Gasteiger partial charge on any atom is -0.493 e. The van der Waals surface area contributed by atoms with Gasteiger partial charge < -0.3 is 15.4 Å². The number of rotatable bonds is 6. The Hall–Kier alpha value is -1.07. The van der Waals surface area contributed by atoms with E-state index >= 15 is 0 Å². The van der Waals surface area contributed by atoms with E-state index in [1.165, 1.54) is 0 Å². The van der Waals surface area contributed by atoms with Gasteiger partial charge in [-0.1, -0.05) is 15.9 Å². The van der Waals surface area contributed by atoms with Gasteiger partial charge >= 0.3 is 0 Å². The summed E-state index contributed by atoms with van der Waals surface area (Å²) in [6, 6.07) is 5.90. The lowest BCUT2D eigenvalue weighted by Crippen LogP contribution is -2.35. The molecule has 0 saturated carbocycles. The molecule has 1 aromatic rings. The first kappa shape index (κ1) is 17.0. The maximum atomic E-state index is 11.2. The van der Waals surface area contributed by atoms with Gasteiger partial charge in [-0.15, -0.1) is 0 Å². The van der Waals surface area contributed by atoms with Crippen LogP contribution in [0.1, 0.15) is 32.8 Å². The van der Waals surface area contributed by atoms with Crippen LogP contribution in [0.4, 0.5) is 0 Å². The van der Waals surface area contributed by atoms with Crippen LogP contribution >= 0.6 is 15.9 Å². The zero-order valence-electron chi connectivity index (χ0n) is 12.5. The second-order valence-corrected chi connectivity index (χ2v) is 6.54. The number of carbonyl (C=O) groups excluding carboxylic acids is 1. The molecule has 2 N–H and O–H groups in total. The van der Waals surface area contributed by atoms with Crippen molar-refractivity contribution in [2.45, 2.75) is 39.3 Å². The van der Waals surface area contributed by atoms with Crippen molar-refractivity contribution < 1.29 is 9.53 Å². The highest BCUT2D eigenvalue weighted by molar-refractivity contribution is 9.10. The smallest absolute Gasteiger partial charge is 0.223 e. The number of carbonyl (C=O) groups is 1. The molecule has 0 aliphatic heterocycles. The molecule has 0 saturated heterocycles. The Labute approximate surface area is 129 Å². The third-order valence-corrected chi connectivity index (χ3v) is 3.19. The summed E-state index contributed by atoms with van der Waals surface area (Å²) in [4.78, 5) is 11.2. The number of hydrogen-bond acceptors (Lipinski definition) is 3. The lowest BCUT2D eigenvalue weighted by molar-refractivity contribution is -0.121. The molecule has 0 radical (unpaired) electrons. The van der Waals surface area contributed by atoms with Crippen LogP contribution in [0.2, 0.25) is 0 Å². The molecule has 4 nitrogen and oxygen atoms in total. The minimum absolute atomic E-state index is 0.0171. The van der Waals surface area contributed by atoms with E-state index in [2.05, 4.69) is 47.3 Å². The highest BCUT2D eigenvalue weighted by Gasteiger charge is 2.11. The normalized spacial score (nSPS) is 11.2. The van der Waals surface area contributed by atoms with Gasteiger partial charge in [0.15, 0.2) is 0 Å². The fourth-order valence-electron chi connectivity index (χ4n) is 1.57. The molecule has 0 fully saturated rings. The Bertz CT molecular complexity index is 456. The van der Waals surface area contributed by atoms with Gasteiger partial charge in [-0.05, 0) is 39.0 Å². The highest BCUT2D eigenvalue weighted by atomic mass is 79.9. The maximum Gasteiger partial charge on any atom is 0.223 e. The molecule has 112 valence electrons. The predicted molar refractivity (Wildman–Crippen MR) is 84.9 cm³/mol. The molecule has 0 atom stereocenters. The van der Waals surface area contributed by atoms with E-state index in [0.29, 0.717) is 13.0 Å². The van der Waals surface area contributed by atoms with Gasteiger partial charge in [0.25, 0.3) is 0 Å². The number of hydrogen-bond donors (Lipinski definition) is 2. The minimum atomic E-state index is -0.0171. The Morgan fingerprint density at radius 2 is 2.05 bits per heavy atom. The third kappa shape index (κ3) is 6.39. The van der Waals surface area contributed by atoms with Crippen molar-refractivity contribution >= 4 is 21.8 Å². The van der Waals surface area contributed by atoms with E-state index in [4.69, 9.17) is 4.74 Å². The van der Waals surface area contributed by atoms with Gasteiger partial charge in [-0.3, -0.25) is 4.79 Å². The molecule has 1 aromatic carbocycles. The van der Waals surface area contributed by atoms with Crippen LogP contribution in [-0.4, -0.2) is 25.1 Å². The second-order valence-electron chi connectivity index (χ2n) is 5.63. The summed E-state index contributed by atoms with van der Waals surface area (Å²) in [6.45, 7) is 7.47. The number of nitrogens with one attached hydrogen (secondary N) is 2. The molecular formula is C15H23BrN2O2. The van der Waals surface area contributed by atoms with Crippen LogP contribution in [0.25, 0.3) is 0 Å². The van der Waals surface area contributed by atoms with E-state index in [1.807, 2.05) is 18.2 Å². The number of benzene rings is 1. The van der Waals surface area contributed by atoms with E-state index in [-0.39, 0.29) is 11.4 Å². The number of halogens is 1. The molecule has 1 rings (SSSR count). The predicted octanol–water partition coefficient (Wildman–Crippen LogP) is 2.85. The first-order valence-corrected chi connectivity index (χ1v) is 7.48. The lowest BCUT2D eigenvalue weighted by Gasteiger charge is -2.22. The van der Waals surface area contributed by atoms with Gasteiger partial charge in [0, 0.05) is 29.2 Å². The topological polar surface area (TPSA) is 50.4 Å². The van der Waals surface area contributed by atoms with E-state index in [1.54, 1.807) is 7.05 Å². The van der Waals surface area contributed by atoms with Crippen molar-refractivity contribution in [3.05, 3.63) is 28.2 Å². The average molecular weight is 343 g/mol. The molecule has 0 aliphatic carbocycles. The molecule has 0 aromatic heterocycles. The quantitative estimate of drug-likeness (QED) is 0.835. The van der Waals surface area contributed by atoms with Gasteiger partial charge in [-0.2, -0.15) is 0 Å². The molecule has 20 heavy (non-hydrogen) atoms. The standard InChI is InChI=1S/C15H23BrN2O2/c1-15(2,3)18-10-11-9-12(16)5-6-13(11)20-8-7-14(19)17-4/h5-6,9,18H,7-8,10H2,1-4H3,(H,17,19). The highest BCUT2D eigenvalue weighted by Crippen LogP contribution is 2.24. The summed E-state index contributed by atoms with van der Waals surface area (Å²) in [6.07, 6.45) is 0.360. The largest absolute Gasteiger partial charge is 0.493 e. The first-order chi connectivity index (χ1) is 9.31. The third-order valence-electron chi connectivity index (χ3n) is 2.70. The molecule has 0 bridgehead atoms. The lowest BCUT2D eigenvalue weighted by atomic mass is 10.1. The first-order valence-electron chi connectivity index (χ1n) is 6.68. The molecular weight excluding hydrogens is 320 g/mol. The van der Waals surface area contributed by atoms with Crippen molar-refractivity contribution in [2.24, 2.45) is 0 Å². The van der Waals surface area contributed by atoms with Crippen molar-refractivity contribution in [1.82, 2.24) is 10.6 Å². The van der Waals surface area contributed by atoms with Crippen molar-refractivity contribution in [3.8, 4) is 5.75 Å². The van der Waals surface area contributed by atoms with E-state index in [0.717, 1.165) is 22.3 Å². The Kier molecular flexibility index (Phi) is 6.49. The van der Waals surface area contributed by atoms with Crippen LogP contribution in [0, 0.1) is 0 Å². The van der Waals surface area contributed by atoms with Gasteiger partial charge in [0.1, 0.15) is 5.75 Å². The maximum absolute atomic E-state index is 11.2. The van der Waals surface area contributed by atoms with Crippen LogP contribution in [0.5, 0.6) is 5.75 Å². The van der Waals surface area contributed by atoms with Gasteiger partial charge in [0.2, 0.25) is 5.91 Å². The molecule has 1 amide bonds. The Balaban J connectivity index is 2.67. The van der Waals surface area contributed by atoms with Gasteiger partial charge in [-0.25, -0.2) is 0 Å². The number of ether oxygens (including phenoxy) is 1. The SMILES string of the molecule is CNC(=O)CCOc1ccc(Br)cc1CNC(C)(C)C. The van der Waals surface area contributed by atoms with Crippen LogP contribution in [0.3, 0.4) is 0 Å². The fourth-order valence-corrected chi connectivity index (χ4v) is 1.97.